The number of aliphatic hydroxyl groups is 2. The van der Waals surface area contributed by atoms with Crippen molar-refractivity contribution < 1.29 is 15.0 Å². The fraction of sp³-hybridized carbons (Fsp3) is 0.500. The molecule has 1 amide bonds. The largest absolute Gasteiger partial charge is 0.394 e. The van der Waals surface area contributed by atoms with Crippen LogP contribution in [0.15, 0.2) is 30.3 Å². The number of carbonyl (C=O) groups is 1. The van der Waals surface area contributed by atoms with Crippen LogP contribution < -0.4 is 0 Å². The molecule has 19 heavy (non-hydrogen) atoms. The fourth-order valence-corrected chi connectivity index (χ4v) is 2.46. The third kappa shape index (κ3) is 6.09. The normalized spacial score (nSPS) is 12.2. The van der Waals surface area contributed by atoms with Crippen molar-refractivity contribution in [1.29, 1.82) is 0 Å². The molecule has 0 saturated carbocycles. The molecule has 1 atom stereocenters. The average Bonchev–Trinajstić information content (AvgIpc) is 2.45. The van der Waals surface area contributed by atoms with Crippen LogP contribution in [0.5, 0.6) is 0 Å². The molecular weight excluding hydrogens is 262 g/mol. The Bertz CT molecular complexity index is 372. The van der Waals surface area contributed by atoms with E-state index < -0.39 is 6.10 Å². The molecule has 0 aliphatic carbocycles. The molecule has 4 nitrogen and oxygen atoms in total. The van der Waals surface area contributed by atoms with E-state index in [0.29, 0.717) is 24.6 Å². The first-order valence-corrected chi connectivity index (χ1v) is 7.51. The number of amides is 1. The minimum absolute atomic E-state index is 0.0569. The number of nitrogens with zero attached hydrogens (tertiary/aromatic N) is 1. The number of thioether (sulfide) groups is 1. The molecule has 0 aliphatic heterocycles. The van der Waals surface area contributed by atoms with Crippen molar-refractivity contribution in [3.63, 3.8) is 0 Å². The van der Waals surface area contributed by atoms with Crippen LogP contribution >= 0.6 is 11.8 Å². The zero-order valence-electron chi connectivity index (χ0n) is 11.2. The third-order valence-electron chi connectivity index (χ3n) is 2.70. The molecule has 1 aromatic rings. The lowest BCUT2D eigenvalue weighted by Gasteiger charge is -2.21. The van der Waals surface area contributed by atoms with Crippen LogP contribution in [0, 0.1) is 0 Å². The van der Waals surface area contributed by atoms with Gasteiger partial charge in [0.25, 0.3) is 0 Å². The van der Waals surface area contributed by atoms with E-state index in [1.165, 1.54) is 11.8 Å². The topological polar surface area (TPSA) is 60.8 Å². The summed E-state index contributed by atoms with van der Waals surface area (Å²) in [6.45, 7) is 2.97. The van der Waals surface area contributed by atoms with Gasteiger partial charge in [0.2, 0.25) is 5.91 Å². The summed E-state index contributed by atoms with van der Waals surface area (Å²) in [4.78, 5) is 13.8. The Balaban J connectivity index is 2.39. The Morgan fingerprint density at radius 3 is 2.63 bits per heavy atom. The Morgan fingerprint density at radius 2 is 2.05 bits per heavy atom. The molecule has 0 aliphatic rings. The first-order chi connectivity index (χ1) is 9.17. The summed E-state index contributed by atoms with van der Waals surface area (Å²) in [5.74, 6) is 0.768. The Morgan fingerprint density at radius 1 is 1.37 bits per heavy atom. The minimum Gasteiger partial charge on any atom is -0.394 e. The molecule has 106 valence electrons. The second kappa shape index (κ2) is 8.96. The maximum atomic E-state index is 12.0. The van der Waals surface area contributed by atoms with Gasteiger partial charge in [-0.1, -0.05) is 30.3 Å². The van der Waals surface area contributed by atoms with Gasteiger partial charge in [-0.15, -0.1) is 11.8 Å². The number of hydrogen-bond acceptors (Lipinski definition) is 4. The number of rotatable bonds is 8. The zero-order chi connectivity index (χ0) is 14.1. The lowest BCUT2D eigenvalue weighted by Crippen LogP contribution is -2.32. The lowest BCUT2D eigenvalue weighted by molar-refractivity contribution is -0.128. The van der Waals surface area contributed by atoms with Gasteiger partial charge >= 0.3 is 0 Å². The highest BCUT2D eigenvalue weighted by molar-refractivity contribution is 7.99. The molecule has 0 aromatic heterocycles. The van der Waals surface area contributed by atoms with Gasteiger partial charge in [-0.2, -0.15) is 0 Å². The van der Waals surface area contributed by atoms with Crippen molar-refractivity contribution in [1.82, 2.24) is 4.90 Å². The van der Waals surface area contributed by atoms with E-state index in [9.17, 15) is 9.90 Å². The van der Waals surface area contributed by atoms with Gasteiger partial charge in [0, 0.05) is 18.8 Å². The first-order valence-electron chi connectivity index (χ1n) is 6.35. The van der Waals surface area contributed by atoms with Crippen LogP contribution in [0.25, 0.3) is 0 Å². The van der Waals surface area contributed by atoms with E-state index in [2.05, 4.69) is 0 Å². The molecule has 0 bridgehead atoms. The lowest BCUT2D eigenvalue weighted by atomic mass is 10.2. The van der Waals surface area contributed by atoms with Gasteiger partial charge in [-0.05, 0) is 12.5 Å². The van der Waals surface area contributed by atoms with Crippen LogP contribution in [0.4, 0.5) is 0 Å². The van der Waals surface area contributed by atoms with E-state index in [4.69, 9.17) is 5.11 Å². The number of carbonyl (C=O) groups excluding carboxylic acids is 1. The smallest absolute Gasteiger partial charge is 0.232 e. The highest BCUT2D eigenvalue weighted by atomic mass is 32.2. The summed E-state index contributed by atoms with van der Waals surface area (Å²) >= 11 is 1.35. The zero-order valence-corrected chi connectivity index (χ0v) is 12.0. The first kappa shape index (κ1) is 16.0. The Kier molecular flexibility index (Phi) is 7.55. The number of aliphatic hydroxyl groups excluding tert-OH is 2. The van der Waals surface area contributed by atoms with Crippen molar-refractivity contribution in [2.75, 3.05) is 24.7 Å². The maximum Gasteiger partial charge on any atom is 0.232 e. The SMILES string of the molecule is CCN(Cc1ccccc1)C(=O)CSCC(O)CO. The molecule has 5 heteroatoms. The van der Waals surface area contributed by atoms with Crippen molar-refractivity contribution in [3.05, 3.63) is 35.9 Å². The summed E-state index contributed by atoms with van der Waals surface area (Å²) in [5, 5.41) is 17.9. The van der Waals surface area contributed by atoms with E-state index in [-0.39, 0.29) is 12.5 Å². The van der Waals surface area contributed by atoms with Crippen LogP contribution in [0.3, 0.4) is 0 Å². The van der Waals surface area contributed by atoms with E-state index >= 15 is 0 Å². The van der Waals surface area contributed by atoms with Crippen molar-refractivity contribution in [2.45, 2.75) is 19.6 Å². The Labute approximate surface area is 118 Å². The molecule has 1 aromatic carbocycles. The molecule has 2 N–H and O–H groups in total. The molecule has 0 saturated heterocycles. The monoisotopic (exact) mass is 283 g/mol. The fourth-order valence-electron chi connectivity index (χ4n) is 1.61. The average molecular weight is 283 g/mol. The van der Waals surface area contributed by atoms with Gasteiger partial charge in [-0.25, -0.2) is 0 Å². The third-order valence-corrected chi connectivity index (χ3v) is 3.77. The van der Waals surface area contributed by atoms with Crippen LogP contribution in [-0.2, 0) is 11.3 Å². The molecule has 0 fully saturated rings. The number of benzene rings is 1. The van der Waals surface area contributed by atoms with Crippen molar-refractivity contribution in [3.8, 4) is 0 Å². The van der Waals surface area contributed by atoms with Gasteiger partial charge in [0.15, 0.2) is 0 Å². The molecule has 0 heterocycles. The summed E-state index contributed by atoms with van der Waals surface area (Å²) in [6, 6.07) is 9.87. The van der Waals surface area contributed by atoms with Gasteiger partial charge < -0.3 is 15.1 Å². The Hall–Kier alpha value is -1.04. The van der Waals surface area contributed by atoms with Crippen LogP contribution in [0.1, 0.15) is 12.5 Å². The van der Waals surface area contributed by atoms with Gasteiger partial charge in [-0.3, -0.25) is 4.79 Å². The minimum atomic E-state index is -0.748. The van der Waals surface area contributed by atoms with E-state index in [1.54, 1.807) is 4.90 Å². The predicted molar refractivity (Wildman–Crippen MR) is 78.0 cm³/mol. The summed E-state index contributed by atoms with van der Waals surface area (Å²) in [6.07, 6.45) is -0.748. The van der Waals surface area contributed by atoms with Gasteiger partial charge in [0.1, 0.15) is 0 Å². The standard InChI is InChI=1S/C14H21NO3S/c1-2-15(8-12-6-4-3-5-7-12)14(18)11-19-10-13(17)9-16/h3-7,13,16-17H,2,8-11H2,1H3. The molecule has 0 spiro atoms. The van der Waals surface area contributed by atoms with Crippen molar-refractivity contribution >= 4 is 17.7 Å². The van der Waals surface area contributed by atoms with Crippen LogP contribution in [-0.4, -0.2) is 51.8 Å². The maximum absolute atomic E-state index is 12.0. The summed E-state index contributed by atoms with van der Waals surface area (Å²) in [7, 11) is 0. The quantitative estimate of drug-likeness (QED) is 0.750. The molecular formula is C14H21NO3S. The van der Waals surface area contributed by atoms with E-state index in [1.807, 2.05) is 37.3 Å². The summed E-state index contributed by atoms with van der Waals surface area (Å²) < 4.78 is 0. The highest BCUT2D eigenvalue weighted by Gasteiger charge is 2.13. The molecule has 1 rings (SSSR count). The second-order valence-electron chi connectivity index (χ2n) is 4.25. The van der Waals surface area contributed by atoms with Gasteiger partial charge in [0.05, 0.1) is 18.5 Å². The van der Waals surface area contributed by atoms with Crippen LogP contribution in [0.2, 0.25) is 0 Å². The second-order valence-corrected chi connectivity index (χ2v) is 5.28. The number of hydrogen-bond donors (Lipinski definition) is 2. The van der Waals surface area contributed by atoms with Crippen molar-refractivity contribution in [2.24, 2.45) is 0 Å². The van der Waals surface area contributed by atoms with E-state index in [0.717, 1.165) is 5.56 Å². The summed E-state index contributed by atoms with van der Waals surface area (Å²) in [5.41, 5.74) is 1.11. The molecule has 1 unspecified atom stereocenters. The highest BCUT2D eigenvalue weighted by Crippen LogP contribution is 2.09. The molecule has 0 radical (unpaired) electrons. The predicted octanol–water partition coefficient (Wildman–Crippen LogP) is 1.12.